The largest absolute Gasteiger partial charge is 0.386 e. The molecule has 70 valence electrons. The molecule has 0 bridgehead atoms. The van der Waals surface area contributed by atoms with Crippen LogP contribution >= 0.6 is 0 Å². The number of nitrogens with zero attached hydrogens (tertiary/aromatic N) is 2. The fraction of sp³-hybridized carbons (Fsp3) is 0.875. The molecule has 4 nitrogen and oxygen atoms in total. The van der Waals surface area contributed by atoms with Crippen LogP contribution in [-0.2, 0) is 0 Å². The van der Waals surface area contributed by atoms with Crippen molar-refractivity contribution in [2.24, 2.45) is 0 Å². The Labute approximate surface area is 72.8 Å². The molecule has 0 radical (unpaired) electrons. The van der Waals surface area contributed by atoms with Gasteiger partial charge in [0.25, 0.3) is 0 Å². The molecular weight excluding hydrogens is 156 g/mol. The molecule has 1 saturated heterocycles. The monoisotopic (exact) mass is 172 g/mol. The van der Waals surface area contributed by atoms with Gasteiger partial charge in [0.2, 0.25) is 0 Å². The van der Waals surface area contributed by atoms with E-state index in [1.54, 1.807) is 19.0 Å². The molecule has 0 unspecified atom stereocenters. The van der Waals surface area contributed by atoms with Crippen molar-refractivity contribution >= 4 is 6.03 Å². The molecular formula is C8H16N2O2. The second kappa shape index (κ2) is 2.94. The van der Waals surface area contributed by atoms with E-state index in [4.69, 9.17) is 0 Å². The molecule has 0 saturated carbocycles. The minimum absolute atomic E-state index is 0.0203. The number of hydrogen-bond acceptors (Lipinski definition) is 2. The summed E-state index contributed by atoms with van der Waals surface area (Å²) < 4.78 is 0. The van der Waals surface area contributed by atoms with Crippen LogP contribution in [0.5, 0.6) is 0 Å². The standard InChI is InChI=1S/C8H16N2O2/c1-4-8(12)5-10(6-8)7(11)9(2)3/h12H,4-6H2,1-3H3. The van der Waals surface area contributed by atoms with E-state index in [1.165, 1.54) is 4.90 Å². The van der Waals surface area contributed by atoms with Gasteiger partial charge in [0.15, 0.2) is 0 Å². The van der Waals surface area contributed by atoms with Crippen molar-refractivity contribution in [2.45, 2.75) is 18.9 Å². The third-order valence-electron chi connectivity index (χ3n) is 2.28. The van der Waals surface area contributed by atoms with Crippen LogP contribution in [0.25, 0.3) is 0 Å². The summed E-state index contributed by atoms with van der Waals surface area (Å²) in [4.78, 5) is 14.4. The summed E-state index contributed by atoms with van der Waals surface area (Å²) in [6.45, 7) is 2.87. The zero-order valence-corrected chi connectivity index (χ0v) is 7.87. The van der Waals surface area contributed by atoms with Crippen molar-refractivity contribution in [3.63, 3.8) is 0 Å². The number of amides is 2. The van der Waals surface area contributed by atoms with Gasteiger partial charge in [-0.2, -0.15) is 0 Å². The zero-order chi connectivity index (χ0) is 9.35. The normalized spacial score (nSPS) is 20.2. The first kappa shape index (κ1) is 9.32. The first-order valence-corrected chi connectivity index (χ1v) is 4.17. The first-order chi connectivity index (χ1) is 5.48. The Balaban J connectivity index is 2.39. The van der Waals surface area contributed by atoms with Gasteiger partial charge < -0.3 is 14.9 Å². The van der Waals surface area contributed by atoms with E-state index in [2.05, 4.69) is 0 Å². The molecule has 2 amide bonds. The van der Waals surface area contributed by atoms with Gasteiger partial charge in [-0.05, 0) is 6.42 Å². The van der Waals surface area contributed by atoms with Crippen LogP contribution in [0.2, 0.25) is 0 Å². The molecule has 1 rings (SSSR count). The summed E-state index contributed by atoms with van der Waals surface area (Å²) >= 11 is 0. The molecule has 0 aromatic carbocycles. The Hall–Kier alpha value is -0.770. The van der Waals surface area contributed by atoms with Gasteiger partial charge in [-0.1, -0.05) is 6.92 Å². The summed E-state index contributed by atoms with van der Waals surface area (Å²) in [7, 11) is 3.43. The van der Waals surface area contributed by atoms with E-state index in [1.807, 2.05) is 6.92 Å². The lowest BCUT2D eigenvalue weighted by atomic mass is 9.92. The molecule has 12 heavy (non-hydrogen) atoms. The summed E-state index contributed by atoms with van der Waals surface area (Å²) in [6, 6.07) is -0.0203. The number of aliphatic hydroxyl groups is 1. The Morgan fingerprint density at radius 3 is 2.42 bits per heavy atom. The predicted molar refractivity (Wildman–Crippen MR) is 45.9 cm³/mol. The second-order valence-electron chi connectivity index (χ2n) is 3.61. The van der Waals surface area contributed by atoms with Gasteiger partial charge in [0.1, 0.15) is 0 Å². The maximum absolute atomic E-state index is 11.3. The molecule has 1 heterocycles. The van der Waals surface area contributed by atoms with Gasteiger partial charge in [0, 0.05) is 14.1 Å². The highest BCUT2D eigenvalue weighted by Crippen LogP contribution is 2.24. The summed E-state index contributed by atoms with van der Waals surface area (Å²) in [5.41, 5.74) is -0.619. The molecule has 1 aliphatic rings. The van der Waals surface area contributed by atoms with Gasteiger partial charge in [-0.25, -0.2) is 4.79 Å². The SMILES string of the molecule is CCC1(O)CN(C(=O)N(C)C)C1. The van der Waals surface area contributed by atoms with E-state index in [0.717, 1.165) is 0 Å². The van der Waals surface area contributed by atoms with Crippen LogP contribution in [0.4, 0.5) is 4.79 Å². The van der Waals surface area contributed by atoms with Crippen molar-refractivity contribution in [3.8, 4) is 0 Å². The zero-order valence-electron chi connectivity index (χ0n) is 7.87. The number of β-amino-alcohol motifs (C(OH)–C–C–N with tert-alkyl or cyclic N) is 1. The van der Waals surface area contributed by atoms with E-state index >= 15 is 0 Å². The van der Waals surface area contributed by atoms with E-state index in [0.29, 0.717) is 19.5 Å². The van der Waals surface area contributed by atoms with Crippen LogP contribution in [0.15, 0.2) is 0 Å². The fourth-order valence-electron chi connectivity index (χ4n) is 1.31. The highest BCUT2D eigenvalue weighted by molar-refractivity contribution is 5.75. The van der Waals surface area contributed by atoms with E-state index in [9.17, 15) is 9.90 Å². The number of likely N-dealkylation sites (tertiary alicyclic amines) is 1. The number of carbonyl (C=O) groups excluding carboxylic acids is 1. The number of hydrogen-bond donors (Lipinski definition) is 1. The third kappa shape index (κ3) is 1.53. The molecule has 4 heteroatoms. The number of carbonyl (C=O) groups is 1. The molecule has 1 aliphatic heterocycles. The highest BCUT2D eigenvalue weighted by atomic mass is 16.3. The number of rotatable bonds is 1. The average Bonchev–Trinajstić information content (AvgIpc) is 1.97. The molecule has 0 aromatic heterocycles. The Morgan fingerprint density at radius 1 is 1.58 bits per heavy atom. The Bertz CT molecular complexity index is 185. The van der Waals surface area contributed by atoms with E-state index < -0.39 is 5.60 Å². The number of urea groups is 1. The summed E-state index contributed by atoms with van der Waals surface area (Å²) in [5.74, 6) is 0. The lowest BCUT2D eigenvalue weighted by molar-refractivity contribution is -0.0814. The van der Waals surface area contributed by atoms with Crippen molar-refractivity contribution < 1.29 is 9.90 Å². The van der Waals surface area contributed by atoms with Crippen molar-refractivity contribution in [1.82, 2.24) is 9.80 Å². The second-order valence-corrected chi connectivity index (χ2v) is 3.61. The molecule has 1 fully saturated rings. The first-order valence-electron chi connectivity index (χ1n) is 4.17. The van der Waals surface area contributed by atoms with Gasteiger partial charge in [-0.15, -0.1) is 0 Å². The molecule has 0 spiro atoms. The topological polar surface area (TPSA) is 43.8 Å². The molecule has 0 aliphatic carbocycles. The quantitative estimate of drug-likeness (QED) is 0.610. The molecule has 0 atom stereocenters. The summed E-state index contributed by atoms with van der Waals surface area (Å²) in [6.07, 6.45) is 0.713. The van der Waals surface area contributed by atoms with Crippen LogP contribution in [0.3, 0.4) is 0 Å². The maximum atomic E-state index is 11.3. The van der Waals surface area contributed by atoms with Gasteiger partial charge >= 0.3 is 6.03 Å². The van der Waals surface area contributed by atoms with Crippen molar-refractivity contribution in [1.29, 1.82) is 0 Å². The Kier molecular flexibility index (Phi) is 2.28. The molecule has 1 N–H and O–H groups in total. The third-order valence-corrected chi connectivity index (χ3v) is 2.28. The van der Waals surface area contributed by atoms with Crippen molar-refractivity contribution in [3.05, 3.63) is 0 Å². The minimum atomic E-state index is -0.619. The maximum Gasteiger partial charge on any atom is 0.319 e. The smallest absolute Gasteiger partial charge is 0.319 e. The van der Waals surface area contributed by atoms with Crippen molar-refractivity contribution in [2.75, 3.05) is 27.2 Å². The fourth-order valence-corrected chi connectivity index (χ4v) is 1.31. The van der Waals surface area contributed by atoms with Crippen LogP contribution in [0, 0.1) is 0 Å². The predicted octanol–water partition coefficient (Wildman–Crippen LogP) is 0.125. The van der Waals surface area contributed by atoms with Gasteiger partial charge in [-0.3, -0.25) is 0 Å². The van der Waals surface area contributed by atoms with Crippen LogP contribution in [0.1, 0.15) is 13.3 Å². The molecule has 0 aromatic rings. The van der Waals surface area contributed by atoms with Crippen LogP contribution < -0.4 is 0 Å². The highest BCUT2D eigenvalue weighted by Gasteiger charge is 2.42. The van der Waals surface area contributed by atoms with Crippen LogP contribution in [-0.4, -0.2) is 53.7 Å². The minimum Gasteiger partial charge on any atom is -0.386 e. The Morgan fingerprint density at radius 2 is 2.08 bits per heavy atom. The van der Waals surface area contributed by atoms with Gasteiger partial charge in [0.05, 0.1) is 18.7 Å². The summed E-state index contributed by atoms with van der Waals surface area (Å²) in [5, 5.41) is 9.61. The van der Waals surface area contributed by atoms with E-state index in [-0.39, 0.29) is 6.03 Å². The lowest BCUT2D eigenvalue weighted by Crippen LogP contribution is -2.64. The lowest BCUT2D eigenvalue weighted by Gasteiger charge is -2.46. The average molecular weight is 172 g/mol.